The number of hydrogen-bond acceptors (Lipinski definition) is 11. The summed E-state index contributed by atoms with van der Waals surface area (Å²) in [5.41, 5.74) is -0.449. The van der Waals surface area contributed by atoms with Crippen molar-refractivity contribution in [2.75, 3.05) is 13.6 Å². The smallest absolute Gasteiger partial charge is 0.490 e. The van der Waals surface area contributed by atoms with Gasteiger partial charge in [-0.05, 0) is 51.1 Å². The first-order valence-electron chi connectivity index (χ1n) is 12.7. The second kappa shape index (κ2) is 10.7. The second-order valence-electron chi connectivity index (χ2n) is 10.5. The van der Waals surface area contributed by atoms with Gasteiger partial charge >= 0.3 is 30.1 Å². The summed E-state index contributed by atoms with van der Waals surface area (Å²) in [4.78, 5) is 46.4. The summed E-state index contributed by atoms with van der Waals surface area (Å²) >= 11 is 0. The summed E-state index contributed by atoms with van der Waals surface area (Å²) in [5, 5.41) is 48.0. The van der Waals surface area contributed by atoms with E-state index in [-0.39, 0.29) is 29.7 Å². The van der Waals surface area contributed by atoms with E-state index in [2.05, 4.69) is 4.90 Å². The first-order valence-corrected chi connectivity index (χ1v) is 12.7. The molecule has 1 aromatic carbocycles. The van der Waals surface area contributed by atoms with Crippen molar-refractivity contribution in [1.29, 1.82) is 0 Å². The second-order valence-corrected chi connectivity index (χ2v) is 10.5. The number of rotatable bonds is 6. The fourth-order valence-electron chi connectivity index (χ4n) is 6.19. The van der Waals surface area contributed by atoms with Gasteiger partial charge in [0, 0.05) is 18.0 Å². The van der Waals surface area contributed by atoms with E-state index in [1.807, 2.05) is 13.1 Å². The molecular formula is C26H28F3NO12. The molecule has 5 rings (SSSR count). The lowest BCUT2D eigenvalue weighted by Crippen LogP contribution is -2.74. The summed E-state index contributed by atoms with van der Waals surface area (Å²) in [6.07, 6.45) is -7.31. The highest BCUT2D eigenvalue weighted by atomic mass is 19.4. The van der Waals surface area contributed by atoms with Crippen LogP contribution in [0.15, 0.2) is 24.0 Å². The van der Waals surface area contributed by atoms with E-state index in [9.17, 15) is 42.9 Å². The summed E-state index contributed by atoms with van der Waals surface area (Å²) < 4.78 is 48.4. The molecule has 6 atom stereocenters. The fraction of sp³-hybridized carbons (Fsp3) is 0.538. The van der Waals surface area contributed by atoms with Crippen LogP contribution in [-0.4, -0.2) is 104 Å². The molecule has 230 valence electrons. The molecule has 0 aromatic heterocycles. The average molecular weight is 603 g/mol. The van der Waals surface area contributed by atoms with Gasteiger partial charge in [-0.2, -0.15) is 13.2 Å². The van der Waals surface area contributed by atoms with Crippen LogP contribution in [-0.2, 0) is 40.5 Å². The van der Waals surface area contributed by atoms with Gasteiger partial charge in [0.15, 0.2) is 29.8 Å². The minimum Gasteiger partial charge on any atom is -0.504 e. The molecule has 4 aliphatic rings. The largest absolute Gasteiger partial charge is 0.504 e. The number of likely N-dealkylation sites (N-methyl/N-ethyl adjacent to an activating group) is 1. The highest BCUT2D eigenvalue weighted by molar-refractivity contribution is 5.84. The number of esters is 2. The summed E-state index contributed by atoms with van der Waals surface area (Å²) in [7, 11) is 1.96. The number of carbonyl (C=O) groups excluding carboxylic acids is 2. The van der Waals surface area contributed by atoms with Gasteiger partial charge in [-0.1, -0.05) is 6.07 Å². The van der Waals surface area contributed by atoms with Gasteiger partial charge in [-0.3, -0.25) is 4.79 Å². The third-order valence-corrected chi connectivity index (χ3v) is 8.08. The van der Waals surface area contributed by atoms with Gasteiger partial charge in [0.25, 0.3) is 0 Å². The molecule has 1 aromatic rings. The first-order chi connectivity index (χ1) is 19.4. The number of piperidine rings is 1. The molecular weight excluding hydrogens is 575 g/mol. The Hall–Kier alpha value is -3.89. The molecule has 0 saturated carbocycles. The number of carboxylic acids is 2. The maximum Gasteiger partial charge on any atom is 0.490 e. The SMILES string of the molecule is CC(OC(=O)C(O)CC(=O)O)C(=O)OC1=CC[C@@]2(O)[C@H]3Cc4ccc(O)c5c4[C@@]2(CCN3C)[C@H]1O5.O=C(O)C(F)(F)F. The number of nitrogens with zero attached hydrogens (tertiary/aromatic N) is 1. The van der Waals surface area contributed by atoms with Crippen molar-refractivity contribution >= 4 is 23.9 Å². The van der Waals surface area contributed by atoms with E-state index in [1.54, 1.807) is 12.1 Å². The Balaban J connectivity index is 0.000000517. The summed E-state index contributed by atoms with van der Waals surface area (Å²) in [6, 6.07) is 3.19. The van der Waals surface area contributed by atoms with Crippen LogP contribution < -0.4 is 4.74 Å². The molecule has 1 spiro atoms. The molecule has 2 heterocycles. The molecule has 2 aliphatic carbocycles. The predicted octanol–water partition coefficient (Wildman–Crippen LogP) is 0.614. The van der Waals surface area contributed by atoms with E-state index < -0.39 is 65.8 Å². The maximum atomic E-state index is 12.8. The van der Waals surface area contributed by atoms with E-state index in [4.69, 9.17) is 29.2 Å². The van der Waals surface area contributed by atoms with Crippen LogP contribution >= 0.6 is 0 Å². The van der Waals surface area contributed by atoms with Crippen molar-refractivity contribution in [3.8, 4) is 11.5 Å². The lowest BCUT2D eigenvalue weighted by atomic mass is 9.50. The molecule has 13 nitrogen and oxygen atoms in total. The molecule has 1 saturated heterocycles. The van der Waals surface area contributed by atoms with Crippen molar-refractivity contribution in [1.82, 2.24) is 4.90 Å². The number of aliphatic hydroxyl groups excluding tert-OH is 1. The number of phenolic OH excluding ortho intramolecular Hbond substituents is 1. The number of aliphatic hydroxyl groups is 2. The number of carbonyl (C=O) groups is 4. The molecule has 2 unspecified atom stereocenters. The van der Waals surface area contributed by atoms with Crippen LogP contribution in [0, 0.1) is 0 Å². The Morgan fingerprint density at radius 1 is 1.19 bits per heavy atom. The molecule has 0 radical (unpaired) electrons. The molecule has 42 heavy (non-hydrogen) atoms. The van der Waals surface area contributed by atoms with Gasteiger partial charge in [-0.15, -0.1) is 0 Å². The first kappa shape index (κ1) is 31.1. The minimum atomic E-state index is -5.08. The van der Waals surface area contributed by atoms with Crippen molar-refractivity contribution in [3.63, 3.8) is 0 Å². The number of ether oxygens (including phenoxy) is 3. The number of phenols is 1. The number of benzene rings is 1. The number of aliphatic carboxylic acids is 2. The number of likely N-dealkylation sites (tertiary alicyclic amines) is 1. The zero-order valence-corrected chi connectivity index (χ0v) is 22.3. The van der Waals surface area contributed by atoms with Crippen molar-refractivity contribution in [2.45, 2.75) is 74.2 Å². The molecule has 16 heteroatoms. The van der Waals surface area contributed by atoms with E-state index in [1.165, 1.54) is 6.92 Å². The van der Waals surface area contributed by atoms with E-state index in [0.29, 0.717) is 19.4 Å². The average Bonchev–Trinajstić information content (AvgIpc) is 3.24. The van der Waals surface area contributed by atoms with Gasteiger partial charge in [0.05, 0.1) is 17.4 Å². The van der Waals surface area contributed by atoms with Gasteiger partial charge in [0.1, 0.15) is 5.76 Å². The Morgan fingerprint density at radius 3 is 2.43 bits per heavy atom. The Labute approximate surface area is 235 Å². The van der Waals surface area contributed by atoms with Crippen molar-refractivity contribution in [3.05, 3.63) is 35.1 Å². The minimum absolute atomic E-state index is 0.0624. The molecule has 2 aliphatic heterocycles. The molecule has 1 fully saturated rings. The van der Waals surface area contributed by atoms with Crippen LogP contribution in [0.3, 0.4) is 0 Å². The van der Waals surface area contributed by atoms with Gasteiger partial charge < -0.3 is 44.6 Å². The van der Waals surface area contributed by atoms with Crippen molar-refractivity contribution in [2.24, 2.45) is 0 Å². The third-order valence-electron chi connectivity index (χ3n) is 8.08. The number of alkyl halides is 3. The zero-order valence-electron chi connectivity index (χ0n) is 22.3. The Bertz CT molecular complexity index is 1350. The van der Waals surface area contributed by atoms with Crippen LogP contribution in [0.25, 0.3) is 0 Å². The standard InChI is InChI=1S/C24H27NO10.C2HF3O2/c1-11(33-22(31)14(27)10-17(28)29)21(30)34-15-5-6-24(32)16-9-12-3-4-13(26)19-18(12)23(24,20(15)35-19)7-8-25(16)2;3-2(4,5)1(6)7/h3-5,11,14,16,20,26-27,32H,6-10H2,1-2H3,(H,28,29);(H,6,7)/t11?,14?,16-,20+,23+,24-;/m1./s1. The Kier molecular flexibility index (Phi) is 7.94. The van der Waals surface area contributed by atoms with Gasteiger partial charge in [-0.25, -0.2) is 14.4 Å². The maximum absolute atomic E-state index is 12.8. The van der Waals surface area contributed by atoms with Crippen LogP contribution in [0.5, 0.6) is 11.5 Å². The summed E-state index contributed by atoms with van der Waals surface area (Å²) in [6.45, 7) is 1.91. The van der Waals surface area contributed by atoms with Crippen LogP contribution in [0.4, 0.5) is 13.2 Å². The topological polar surface area (TPSA) is 200 Å². The number of hydrogen-bond donors (Lipinski definition) is 5. The number of halogens is 3. The van der Waals surface area contributed by atoms with Crippen LogP contribution in [0.1, 0.15) is 37.3 Å². The molecule has 2 bridgehead atoms. The van der Waals surface area contributed by atoms with E-state index in [0.717, 1.165) is 11.1 Å². The Morgan fingerprint density at radius 2 is 1.83 bits per heavy atom. The quantitative estimate of drug-likeness (QED) is 0.284. The molecule has 0 amide bonds. The lowest BCUT2D eigenvalue weighted by molar-refractivity contribution is -0.192. The van der Waals surface area contributed by atoms with Crippen LogP contribution in [0.2, 0.25) is 0 Å². The normalized spacial score (nSPS) is 28.5. The van der Waals surface area contributed by atoms with Gasteiger partial charge in [0.2, 0.25) is 0 Å². The highest BCUT2D eigenvalue weighted by Crippen LogP contribution is 2.65. The van der Waals surface area contributed by atoms with Crippen molar-refractivity contribution < 1.29 is 72.1 Å². The molecule has 5 N–H and O–H groups in total. The third kappa shape index (κ3) is 5.03. The van der Waals surface area contributed by atoms with E-state index >= 15 is 0 Å². The number of carboxylic acid groups (broad SMARTS) is 2. The zero-order chi connectivity index (χ0) is 31.4. The lowest BCUT2D eigenvalue weighted by Gasteiger charge is -2.61. The monoisotopic (exact) mass is 603 g/mol. The fourth-order valence-corrected chi connectivity index (χ4v) is 6.19. The highest BCUT2D eigenvalue weighted by Gasteiger charge is 2.72. The number of aromatic hydroxyl groups is 1. The predicted molar refractivity (Wildman–Crippen MR) is 130 cm³/mol. The summed E-state index contributed by atoms with van der Waals surface area (Å²) in [5.74, 6) is -6.01.